The largest absolute Gasteiger partial charge is 0.372 e. The highest BCUT2D eigenvalue weighted by atomic mass is 35.5. The van der Waals surface area contributed by atoms with Crippen LogP contribution in [0.1, 0.15) is 6.42 Å². The van der Waals surface area contributed by atoms with Crippen LogP contribution in [0.25, 0.3) is 0 Å². The molecule has 2 rings (SSSR count). The lowest BCUT2D eigenvalue weighted by Gasteiger charge is -2.22. The maximum atomic E-state index is 11.5. The van der Waals surface area contributed by atoms with Crippen molar-refractivity contribution < 1.29 is 4.79 Å². The van der Waals surface area contributed by atoms with Crippen molar-refractivity contribution in [2.75, 3.05) is 16.8 Å². The molecule has 2 unspecified atom stereocenters. The summed E-state index contributed by atoms with van der Waals surface area (Å²) in [5, 5.41) is 3.78. The number of anilines is 1. The van der Waals surface area contributed by atoms with Crippen molar-refractivity contribution in [3.05, 3.63) is 29.3 Å². The van der Waals surface area contributed by atoms with Crippen LogP contribution in [-0.4, -0.2) is 23.5 Å². The van der Waals surface area contributed by atoms with Crippen LogP contribution >= 0.6 is 23.4 Å². The minimum absolute atomic E-state index is 0.300. The van der Waals surface area contributed by atoms with Crippen molar-refractivity contribution >= 4 is 35.0 Å². The zero-order chi connectivity index (χ0) is 12.3. The third kappa shape index (κ3) is 3.07. The van der Waals surface area contributed by atoms with Gasteiger partial charge in [0, 0.05) is 0 Å². The van der Waals surface area contributed by atoms with E-state index in [2.05, 4.69) is 5.32 Å². The molecular formula is C12H15ClN2OS. The van der Waals surface area contributed by atoms with Gasteiger partial charge < -0.3 is 11.1 Å². The molecule has 0 aromatic heterocycles. The van der Waals surface area contributed by atoms with Crippen molar-refractivity contribution in [2.24, 2.45) is 11.7 Å². The molecule has 1 amide bonds. The molecule has 1 aromatic rings. The second-order valence-electron chi connectivity index (χ2n) is 4.13. The van der Waals surface area contributed by atoms with Gasteiger partial charge in [0.05, 0.1) is 10.7 Å². The Balaban J connectivity index is 2.12. The molecule has 0 saturated carbocycles. The Hall–Kier alpha value is -0.870. The first kappa shape index (κ1) is 12.6. The van der Waals surface area contributed by atoms with Crippen molar-refractivity contribution in [3.63, 3.8) is 0 Å². The van der Waals surface area contributed by atoms with Gasteiger partial charge in [-0.2, -0.15) is 11.8 Å². The Morgan fingerprint density at radius 1 is 1.53 bits per heavy atom. The van der Waals surface area contributed by atoms with Crippen LogP contribution < -0.4 is 11.1 Å². The van der Waals surface area contributed by atoms with E-state index in [1.165, 1.54) is 0 Å². The first-order valence-corrected chi connectivity index (χ1v) is 7.10. The summed E-state index contributed by atoms with van der Waals surface area (Å²) in [6.45, 7) is 0. The Morgan fingerprint density at radius 2 is 2.29 bits per heavy atom. The molecule has 5 heteroatoms. The van der Waals surface area contributed by atoms with Gasteiger partial charge in [-0.25, -0.2) is 0 Å². The summed E-state index contributed by atoms with van der Waals surface area (Å²) < 4.78 is 0. The van der Waals surface area contributed by atoms with E-state index in [9.17, 15) is 4.79 Å². The Bertz CT molecular complexity index is 407. The predicted molar refractivity (Wildman–Crippen MR) is 73.5 cm³/mol. The highest BCUT2D eigenvalue weighted by Gasteiger charge is 2.29. The highest BCUT2D eigenvalue weighted by molar-refractivity contribution is 7.99. The van der Waals surface area contributed by atoms with Crippen LogP contribution in [0.3, 0.4) is 0 Å². The minimum Gasteiger partial charge on any atom is -0.372 e. The van der Waals surface area contributed by atoms with Crippen LogP contribution in [-0.2, 0) is 4.79 Å². The molecule has 3 N–H and O–H groups in total. The number of para-hydroxylation sites is 1. The number of primary amides is 1. The lowest BCUT2D eigenvalue weighted by Crippen LogP contribution is -2.41. The monoisotopic (exact) mass is 270 g/mol. The number of benzene rings is 1. The zero-order valence-corrected chi connectivity index (χ0v) is 10.9. The van der Waals surface area contributed by atoms with Gasteiger partial charge in [0.15, 0.2) is 0 Å². The third-order valence-corrected chi connectivity index (χ3v) is 4.45. The summed E-state index contributed by atoms with van der Waals surface area (Å²) in [6, 6.07) is 7.07. The first-order valence-electron chi connectivity index (χ1n) is 5.56. The van der Waals surface area contributed by atoms with Crippen molar-refractivity contribution in [1.82, 2.24) is 0 Å². The van der Waals surface area contributed by atoms with Crippen molar-refractivity contribution in [2.45, 2.75) is 12.5 Å². The van der Waals surface area contributed by atoms with E-state index in [1.54, 1.807) is 6.07 Å². The second kappa shape index (κ2) is 5.65. The first-order chi connectivity index (χ1) is 8.18. The summed E-state index contributed by atoms with van der Waals surface area (Å²) in [6.07, 6.45) is 1.02. The molecule has 1 aliphatic heterocycles. The molecule has 92 valence electrons. The maximum absolute atomic E-state index is 11.5. The SMILES string of the molecule is NC(=O)C(Nc1ccccc1Cl)C1CCSC1. The Labute approximate surface area is 110 Å². The van der Waals surface area contributed by atoms with Gasteiger partial charge in [-0.1, -0.05) is 23.7 Å². The van der Waals surface area contributed by atoms with Gasteiger partial charge in [-0.05, 0) is 36.0 Å². The van der Waals surface area contributed by atoms with E-state index < -0.39 is 0 Å². The Morgan fingerprint density at radius 3 is 2.88 bits per heavy atom. The molecule has 0 radical (unpaired) electrons. The lowest BCUT2D eigenvalue weighted by atomic mass is 9.98. The number of nitrogens with two attached hydrogens (primary N) is 1. The summed E-state index contributed by atoms with van der Waals surface area (Å²) in [4.78, 5) is 11.5. The second-order valence-corrected chi connectivity index (χ2v) is 5.68. The van der Waals surface area contributed by atoms with Gasteiger partial charge >= 0.3 is 0 Å². The average Bonchev–Trinajstić information content (AvgIpc) is 2.81. The van der Waals surface area contributed by atoms with Crippen LogP contribution in [0.15, 0.2) is 24.3 Å². The summed E-state index contributed by atoms with van der Waals surface area (Å²) in [7, 11) is 0. The maximum Gasteiger partial charge on any atom is 0.240 e. The molecule has 1 saturated heterocycles. The molecule has 1 aromatic carbocycles. The summed E-state index contributed by atoms with van der Waals surface area (Å²) in [5.74, 6) is 2.06. The van der Waals surface area contributed by atoms with Crippen LogP contribution in [0.5, 0.6) is 0 Å². The normalized spacial score (nSPS) is 21.1. The van der Waals surface area contributed by atoms with Gasteiger partial charge in [-0.15, -0.1) is 0 Å². The molecule has 1 aliphatic rings. The number of hydrogen-bond acceptors (Lipinski definition) is 3. The van der Waals surface area contributed by atoms with Gasteiger partial charge in [0.1, 0.15) is 6.04 Å². The number of nitrogens with one attached hydrogen (secondary N) is 1. The fraction of sp³-hybridized carbons (Fsp3) is 0.417. The third-order valence-electron chi connectivity index (χ3n) is 2.93. The standard InChI is InChI=1S/C12H15ClN2OS/c13-9-3-1-2-4-10(9)15-11(12(14)16)8-5-6-17-7-8/h1-4,8,11,15H,5-7H2,(H2,14,16). The number of hydrogen-bond donors (Lipinski definition) is 2. The zero-order valence-electron chi connectivity index (χ0n) is 9.36. The summed E-state index contributed by atoms with van der Waals surface area (Å²) >= 11 is 7.92. The smallest absolute Gasteiger partial charge is 0.240 e. The number of halogens is 1. The van der Waals surface area contributed by atoms with E-state index in [1.807, 2.05) is 30.0 Å². The molecule has 1 heterocycles. The molecular weight excluding hydrogens is 256 g/mol. The molecule has 0 spiro atoms. The van der Waals surface area contributed by atoms with Gasteiger partial charge in [0.2, 0.25) is 5.91 Å². The number of amides is 1. The van der Waals surface area contributed by atoms with E-state index in [0.717, 1.165) is 23.6 Å². The predicted octanol–water partition coefficient (Wildman–Crippen LogP) is 2.36. The fourth-order valence-corrected chi connectivity index (χ4v) is 3.47. The van der Waals surface area contributed by atoms with Crippen LogP contribution in [0.2, 0.25) is 5.02 Å². The Kier molecular flexibility index (Phi) is 4.18. The van der Waals surface area contributed by atoms with E-state index in [-0.39, 0.29) is 11.9 Å². The topological polar surface area (TPSA) is 55.1 Å². The van der Waals surface area contributed by atoms with E-state index >= 15 is 0 Å². The summed E-state index contributed by atoms with van der Waals surface area (Å²) in [5.41, 5.74) is 6.23. The fourth-order valence-electron chi connectivity index (χ4n) is 1.98. The number of rotatable bonds is 4. The minimum atomic E-state index is -0.329. The van der Waals surface area contributed by atoms with E-state index in [4.69, 9.17) is 17.3 Å². The number of carbonyl (C=O) groups is 1. The van der Waals surface area contributed by atoms with Crippen LogP contribution in [0, 0.1) is 5.92 Å². The average molecular weight is 271 g/mol. The van der Waals surface area contributed by atoms with Gasteiger partial charge in [0.25, 0.3) is 0 Å². The molecule has 0 bridgehead atoms. The number of thioether (sulfide) groups is 1. The van der Waals surface area contributed by atoms with Crippen molar-refractivity contribution in [3.8, 4) is 0 Å². The molecule has 0 aliphatic carbocycles. The van der Waals surface area contributed by atoms with E-state index in [0.29, 0.717) is 10.9 Å². The van der Waals surface area contributed by atoms with Crippen molar-refractivity contribution in [1.29, 1.82) is 0 Å². The molecule has 3 nitrogen and oxygen atoms in total. The van der Waals surface area contributed by atoms with Crippen LogP contribution in [0.4, 0.5) is 5.69 Å². The quantitative estimate of drug-likeness (QED) is 0.883. The molecule has 2 atom stereocenters. The highest BCUT2D eigenvalue weighted by Crippen LogP contribution is 2.29. The molecule has 17 heavy (non-hydrogen) atoms. The van der Waals surface area contributed by atoms with Gasteiger partial charge in [-0.3, -0.25) is 4.79 Å². The lowest BCUT2D eigenvalue weighted by molar-refractivity contribution is -0.119. The number of carbonyl (C=O) groups excluding carboxylic acids is 1. The molecule has 1 fully saturated rings.